The maximum absolute atomic E-state index is 6.01. The molecule has 0 bridgehead atoms. The predicted octanol–water partition coefficient (Wildman–Crippen LogP) is 3.89. The molecule has 1 aromatic rings. The Labute approximate surface area is 110 Å². The zero-order chi connectivity index (χ0) is 12.9. The fourth-order valence-corrected chi connectivity index (χ4v) is 2.87. The minimum absolute atomic E-state index is 0.174. The minimum Gasteiger partial charge on any atom is -0.328 e. The molecule has 2 nitrogen and oxygen atoms in total. The van der Waals surface area contributed by atoms with E-state index in [0.717, 1.165) is 25.7 Å². The number of aryl methyl sites for hydroxylation is 1. The molecule has 0 fully saturated rings. The van der Waals surface area contributed by atoms with Crippen molar-refractivity contribution < 1.29 is 0 Å². The first kappa shape index (κ1) is 14.7. The quantitative estimate of drug-likeness (QED) is 0.836. The third-order valence-corrected chi connectivity index (χ3v) is 3.85. The van der Waals surface area contributed by atoms with E-state index < -0.39 is 0 Å². The van der Waals surface area contributed by atoms with Crippen LogP contribution in [0, 0.1) is 0 Å². The number of hydrogen-bond donors (Lipinski definition) is 1. The highest BCUT2D eigenvalue weighted by Crippen LogP contribution is 2.24. The summed E-state index contributed by atoms with van der Waals surface area (Å²) in [6.07, 6.45) is 5.70. The molecule has 2 N–H and O–H groups in total. The molecule has 0 spiro atoms. The molecule has 17 heavy (non-hydrogen) atoms. The van der Waals surface area contributed by atoms with E-state index in [1.807, 2.05) is 0 Å². The first-order chi connectivity index (χ1) is 7.93. The van der Waals surface area contributed by atoms with Crippen LogP contribution in [0.1, 0.15) is 64.1 Å². The van der Waals surface area contributed by atoms with Crippen LogP contribution in [-0.4, -0.2) is 11.0 Å². The van der Waals surface area contributed by atoms with Gasteiger partial charge in [-0.15, -0.1) is 11.3 Å². The number of hydrogen-bond acceptors (Lipinski definition) is 3. The smallest absolute Gasteiger partial charge is 0.0928 e. The highest BCUT2D eigenvalue weighted by molar-refractivity contribution is 7.09. The van der Waals surface area contributed by atoms with Crippen molar-refractivity contribution >= 4 is 11.3 Å². The average molecular weight is 254 g/mol. The summed E-state index contributed by atoms with van der Waals surface area (Å²) in [6.45, 7) is 8.82. The van der Waals surface area contributed by atoms with Crippen molar-refractivity contribution in [2.75, 3.05) is 0 Å². The minimum atomic E-state index is 0.174. The Balaban J connectivity index is 2.35. The van der Waals surface area contributed by atoms with Crippen LogP contribution in [0.15, 0.2) is 5.38 Å². The van der Waals surface area contributed by atoms with Crippen LogP contribution in [0.25, 0.3) is 0 Å². The Bertz CT molecular complexity index is 325. The highest BCUT2D eigenvalue weighted by atomic mass is 32.1. The molecule has 1 heterocycles. The summed E-state index contributed by atoms with van der Waals surface area (Å²) in [7, 11) is 0. The summed E-state index contributed by atoms with van der Waals surface area (Å²) in [5, 5.41) is 3.46. The van der Waals surface area contributed by atoms with Crippen LogP contribution in [0.5, 0.6) is 0 Å². The van der Waals surface area contributed by atoms with Gasteiger partial charge in [-0.3, -0.25) is 0 Å². The molecular formula is C14H26N2S. The number of rotatable bonds is 6. The van der Waals surface area contributed by atoms with Gasteiger partial charge in [0.1, 0.15) is 0 Å². The van der Waals surface area contributed by atoms with Crippen LogP contribution in [0.2, 0.25) is 0 Å². The van der Waals surface area contributed by atoms with Gasteiger partial charge in [-0.2, -0.15) is 0 Å². The molecule has 98 valence electrons. The molecule has 1 unspecified atom stereocenters. The zero-order valence-electron chi connectivity index (χ0n) is 11.6. The number of thiazole rings is 1. The fraction of sp³-hybridized carbons (Fsp3) is 0.786. The molecule has 0 aliphatic heterocycles. The van der Waals surface area contributed by atoms with Crippen molar-refractivity contribution in [3.05, 3.63) is 16.1 Å². The van der Waals surface area contributed by atoms with E-state index in [1.54, 1.807) is 11.3 Å². The first-order valence-corrected chi connectivity index (χ1v) is 7.52. The zero-order valence-corrected chi connectivity index (χ0v) is 12.4. The second-order valence-corrected chi connectivity index (χ2v) is 6.76. The monoisotopic (exact) mass is 254 g/mol. The molecule has 0 aliphatic rings. The summed E-state index contributed by atoms with van der Waals surface area (Å²) in [5.41, 5.74) is 7.40. The second-order valence-electron chi connectivity index (χ2n) is 5.82. The Morgan fingerprint density at radius 3 is 2.59 bits per heavy atom. The van der Waals surface area contributed by atoms with Gasteiger partial charge in [0.25, 0.3) is 0 Å². The first-order valence-electron chi connectivity index (χ1n) is 6.64. The van der Waals surface area contributed by atoms with Gasteiger partial charge in [-0.1, -0.05) is 34.1 Å². The van der Waals surface area contributed by atoms with Gasteiger partial charge < -0.3 is 5.73 Å². The van der Waals surface area contributed by atoms with Gasteiger partial charge in [0.2, 0.25) is 0 Å². The number of nitrogens with zero attached hydrogens (tertiary/aromatic N) is 1. The van der Waals surface area contributed by atoms with E-state index >= 15 is 0 Å². The summed E-state index contributed by atoms with van der Waals surface area (Å²) < 4.78 is 0. The van der Waals surface area contributed by atoms with Gasteiger partial charge in [-0.25, -0.2) is 4.98 Å². The van der Waals surface area contributed by atoms with Gasteiger partial charge >= 0.3 is 0 Å². The van der Waals surface area contributed by atoms with Gasteiger partial charge in [-0.05, 0) is 25.7 Å². The largest absolute Gasteiger partial charge is 0.328 e. The maximum atomic E-state index is 6.01. The maximum Gasteiger partial charge on any atom is 0.0928 e. The molecule has 3 heteroatoms. The van der Waals surface area contributed by atoms with Gasteiger partial charge in [0.05, 0.1) is 10.7 Å². The van der Waals surface area contributed by atoms with Crippen LogP contribution >= 0.6 is 11.3 Å². The fourth-order valence-electron chi connectivity index (χ4n) is 1.80. The van der Waals surface area contributed by atoms with Crippen molar-refractivity contribution in [1.82, 2.24) is 4.98 Å². The Hall–Kier alpha value is -0.410. The van der Waals surface area contributed by atoms with Crippen LogP contribution < -0.4 is 5.73 Å². The van der Waals surface area contributed by atoms with Crippen molar-refractivity contribution in [3.8, 4) is 0 Å². The standard InChI is InChI=1S/C14H26N2S/c1-5-7-11(15)8-6-9-13-16-12(10-17-13)14(2,3)4/h10-11H,5-9,15H2,1-4H3. The van der Waals surface area contributed by atoms with E-state index in [4.69, 9.17) is 10.7 Å². The van der Waals surface area contributed by atoms with E-state index in [9.17, 15) is 0 Å². The molecule has 0 radical (unpaired) electrons. The lowest BCUT2D eigenvalue weighted by atomic mass is 9.93. The summed E-state index contributed by atoms with van der Waals surface area (Å²) in [4.78, 5) is 4.70. The summed E-state index contributed by atoms with van der Waals surface area (Å²) >= 11 is 1.79. The van der Waals surface area contributed by atoms with Crippen LogP contribution in [0.4, 0.5) is 0 Å². The van der Waals surface area contributed by atoms with Crippen LogP contribution in [-0.2, 0) is 11.8 Å². The average Bonchev–Trinajstić information content (AvgIpc) is 2.66. The lowest BCUT2D eigenvalue weighted by molar-refractivity contribution is 0.536. The van der Waals surface area contributed by atoms with E-state index in [1.165, 1.54) is 17.1 Å². The molecule has 1 rings (SSSR count). The van der Waals surface area contributed by atoms with E-state index in [2.05, 4.69) is 33.1 Å². The molecule has 0 aliphatic carbocycles. The molecule has 0 aromatic carbocycles. The molecular weight excluding hydrogens is 228 g/mol. The van der Waals surface area contributed by atoms with Gasteiger partial charge in [0, 0.05) is 16.8 Å². The van der Waals surface area contributed by atoms with E-state index in [-0.39, 0.29) is 5.41 Å². The Morgan fingerprint density at radius 1 is 1.35 bits per heavy atom. The topological polar surface area (TPSA) is 38.9 Å². The molecule has 1 atom stereocenters. The van der Waals surface area contributed by atoms with E-state index in [0.29, 0.717) is 6.04 Å². The van der Waals surface area contributed by atoms with Crippen molar-refractivity contribution in [3.63, 3.8) is 0 Å². The number of aromatic nitrogens is 1. The summed E-state index contributed by atoms with van der Waals surface area (Å²) in [6, 6.07) is 0.377. The molecule has 0 saturated carbocycles. The van der Waals surface area contributed by atoms with Crippen molar-refractivity contribution in [2.24, 2.45) is 5.73 Å². The summed E-state index contributed by atoms with van der Waals surface area (Å²) in [5.74, 6) is 0. The molecule has 0 amide bonds. The van der Waals surface area contributed by atoms with Crippen molar-refractivity contribution in [2.45, 2.75) is 71.3 Å². The second kappa shape index (κ2) is 6.50. The normalized spacial score (nSPS) is 13.9. The molecule has 0 saturated heterocycles. The predicted molar refractivity (Wildman–Crippen MR) is 76.6 cm³/mol. The highest BCUT2D eigenvalue weighted by Gasteiger charge is 2.17. The third kappa shape index (κ3) is 5.17. The Kier molecular flexibility index (Phi) is 5.60. The van der Waals surface area contributed by atoms with Crippen molar-refractivity contribution in [1.29, 1.82) is 0 Å². The molecule has 1 aromatic heterocycles. The van der Waals surface area contributed by atoms with Gasteiger partial charge in [0.15, 0.2) is 0 Å². The Morgan fingerprint density at radius 2 is 2.06 bits per heavy atom. The lowest BCUT2D eigenvalue weighted by Gasteiger charge is -2.14. The SMILES string of the molecule is CCCC(N)CCCc1nc(C(C)(C)C)cs1. The van der Waals surface area contributed by atoms with Crippen LogP contribution in [0.3, 0.4) is 0 Å². The number of nitrogens with two attached hydrogens (primary N) is 1. The third-order valence-electron chi connectivity index (χ3n) is 2.95. The lowest BCUT2D eigenvalue weighted by Crippen LogP contribution is -2.19.